The van der Waals surface area contributed by atoms with E-state index in [1.54, 1.807) is 6.07 Å². The summed E-state index contributed by atoms with van der Waals surface area (Å²) in [6.07, 6.45) is 2.79. The molecule has 23 heavy (non-hydrogen) atoms. The van der Waals surface area contributed by atoms with Gasteiger partial charge in [0.2, 0.25) is 0 Å². The van der Waals surface area contributed by atoms with E-state index in [-0.39, 0.29) is 30.8 Å². The van der Waals surface area contributed by atoms with Gasteiger partial charge in [-0.05, 0) is 32.8 Å². The maximum absolute atomic E-state index is 11.7. The highest BCUT2D eigenvalue weighted by Crippen LogP contribution is 2.41. The van der Waals surface area contributed by atoms with Gasteiger partial charge in [-0.2, -0.15) is 0 Å². The zero-order valence-electron chi connectivity index (χ0n) is 13.4. The Labute approximate surface area is 135 Å². The molecule has 1 heterocycles. The van der Waals surface area contributed by atoms with Gasteiger partial charge in [0, 0.05) is 18.0 Å². The summed E-state index contributed by atoms with van der Waals surface area (Å²) in [5, 5.41) is 2.75. The normalized spacial score (nSPS) is 17.8. The van der Waals surface area contributed by atoms with E-state index < -0.39 is 5.97 Å². The van der Waals surface area contributed by atoms with E-state index in [2.05, 4.69) is 5.32 Å². The first kappa shape index (κ1) is 15.6. The van der Waals surface area contributed by atoms with Gasteiger partial charge in [0.05, 0.1) is 0 Å². The summed E-state index contributed by atoms with van der Waals surface area (Å²) in [4.78, 5) is 23.1. The van der Waals surface area contributed by atoms with E-state index in [9.17, 15) is 9.59 Å². The summed E-state index contributed by atoms with van der Waals surface area (Å²) in [5.41, 5.74) is 0.785. The molecule has 1 aromatic carbocycles. The van der Waals surface area contributed by atoms with Gasteiger partial charge in [0.15, 0.2) is 24.7 Å². The number of carbonyl (C=O) groups is 2. The maximum atomic E-state index is 11.7. The van der Waals surface area contributed by atoms with Crippen molar-refractivity contribution in [2.75, 3.05) is 13.2 Å². The topological polar surface area (TPSA) is 73.9 Å². The molecule has 6 nitrogen and oxygen atoms in total. The minimum Gasteiger partial charge on any atom is -0.483 e. The molecule has 2 aliphatic rings. The first-order chi connectivity index (χ1) is 10.9. The van der Waals surface area contributed by atoms with Crippen molar-refractivity contribution in [3.63, 3.8) is 0 Å². The molecule has 1 fully saturated rings. The second kappa shape index (κ2) is 6.10. The molecule has 0 saturated heterocycles. The van der Waals surface area contributed by atoms with Crippen LogP contribution < -0.4 is 14.8 Å². The summed E-state index contributed by atoms with van der Waals surface area (Å²) in [5.74, 6) is 0.349. The standard InChI is InChI=1S/C17H21NO5/c1-17(2)8-11-4-3-5-13(16(11)23-17)21-10-15(20)22-9-14(19)18-12-6-7-12/h3-5,12H,6-10H2,1-2H3,(H,18,19). The number of benzene rings is 1. The van der Waals surface area contributed by atoms with Crippen molar-refractivity contribution in [2.45, 2.75) is 44.8 Å². The van der Waals surface area contributed by atoms with Gasteiger partial charge in [-0.15, -0.1) is 0 Å². The van der Waals surface area contributed by atoms with E-state index >= 15 is 0 Å². The lowest BCUT2D eigenvalue weighted by molar-refractivity contribution is -0.150. The number of ether oxygens (including phenoxy) is 3. The molecule has 0 atom stereocenters. The number of fused-ring (bicyclic) bond motifs is 1. The number of hydrogen-bond donors (Lipinski definition) is 1. The van der Waals surface area contributed by atoms with Crippen molar-refractivity contribution >= 4 is 11.9 Å². The van der Waals surface area contributed by atoms with Crippen LogP contribution in [0.2, 0.25) is 0 Å². The average molecular weight is 319 g/mol. The summed E-state index contributed by atoms with van der Waals surface area (Å²) in [6, 6.07) is 5.86. The van der Waals surface area contributed by atoms with Crippen LogP contribution in [0, 0.1) is 0 Å². The molecule has 0 unspecified atom stereocenters. The zero-order valence-corrected chi connectivity index (χ0v) is 13.4. The van der Waals surface area contributed by atoms with Crippen LogP contribution in [0.4, 0.5) is 0 Å². The van der Waals surface area contributed by atoms with Crippen LogP contribution in [-0.2, 0) is 20.7 Å². The van der Waals surface area contributed by atoms with Crippen LogP contribution >= 0.6 is 0 Å². The van der Waals surface area contributed by atoms with Gasteiger partial charge in [0.1, 0.15) is 5.60 Å². The lowest BCUT2D eigenvalue weighted by Gasteiger charge is -2.18. The highest BCUT2D eigenvalue weighted by Gasteiger charge is 2.32. The van der Waals surface area contributed by atoms with Gasteiger partial charge in [-0.3, -0.25) is 4.79 Å². The van der Waals surface area contributed by atoms with Gasteiger partial charge in [0.25, 0.3) is 5.91 Å². The van der Waals surface area contributed by atoms with Crippen LogP contribution in [-0.4, -0.2) is 36.7 Å². The molecule has 0 spiro atoms. The monoisotopic (exact) mass is 319 g/mol. The molecule has 1 aromatic rings. The second-order valence-electron chi connectivity index (χ2n) is 6.57. The second-order valence-corrected chi connectivity index (χ2v) is 6.57. The zero-order chi connectivity index (χ0) is 16.4. The fourth-order valence-electron chi connectivity index (χ4n) is 2.52. The summed E-state index contributed by atoms with van der Waals surface area (Å²) < 4.78 is 16.3. The number of amides is 1. The van der Waals surface area contributed by atoms with Gasteiger partial charge < -0.3 is 19.5 Å². The number of esters is 1. The van der Waals surface area contributed by atoms with Crippen molar-refractivity contribution in [3.05, 3.63) is 23.8 Å². The fraction of sp³-hybridized carbons (Fsp3) is 0.529. The van der Waals surface area contributed by atoms with Crippen molar-refractivity contribution in [1.82, 2.24) is 5.32 Å². The largest absolute Gasteiger partial charge is 0.483 e. The average Bonchev–Trinajstić information content (AvgIpc) is 3.22. The number of carbonyl (C=O) groups excluding carboxylic acids is 2. The molecule has 1 N–H and O–H groups in total. The lowest BCUT2D eigenvalue weighted by Crippen LogP contribution is -2.31. The van der Waals surface area contributed by atoms with E-state index in [1.807, 2.05) is 26.0 Å². The molecule has 0 bridgehead atoms. The quantitative estimate of drug-likeness (QED) is 0.806. The van der Waals surface area contributed by atoms with Crippen molar-refractivity contribution in [1.29, 1.82) is 0 Å². The Kier molecular flexibility index (Phi) is 4.15. The van der Waals surface area contributed by atoms with Crippen LogP contribution in [0.25, 0.3) is 0 Å². The van der Waals surface area contributed by atoms with Gasteiger partial charge in [-0.1, -0.05) is 12.1 Å². The van der Waals surface area contributed by atoms with Crippen LogP contribution in [0.1, 0.15) is 32.3 Å². The smallest absolute Gasteiger partial charge is 0.344 e. The van der Waals surface area contributed by atoms with E-state index in [4.69, 9.17) is 14.2 Å². The maximum Gasteiger partial charge on any atom is 0.344 e. The van der Waals surface area contributed by atoms with Crippen LogP contribution in [0.5, 0.6) is 11.5 Å². The van der Waals surface area contributed by atoms with Gasteiger partial charge >= 0.3 is 5.97 Å². The summed E-state index contributed by atoms with van der Waals surface area (Å²) >= 11 is 0. The Balaban J connectivity index is 1.48. The predicted molar refractivity (Wildman–Crippen MR) is 82.5 cm³/mol. The highest BCUT2D eigenvalue weighted by molar-refractivity contribution is 5.81. The molecule has 0 aromatic heterocycles. The van der Waals surface area contributed by atoms with Gasteiger partial charge in [-0.25, -0.2) is 4.79 Å². The molecule has 1 saturated carbocycles. The van der Waals surface area contributed by atoms with Crippen LogP contribution in [0.15, 0.2) is 18.2 Å². The number of para-hydroxylation sites is 1. The third-order valence-corrected chi connectivity index (χ3v) is 3.71. The molecule has 0 radical (unpaired) electrons. The first-order valence-corrected chi connectivity index (χ1v) is 7.82. The summed E-state index contributed by atoms with van der Waals surface area (Å²) in [7, 11) is 0. The Morgan fingerprint density at radius 2 is 2.09 bits per heavy atom. The predicted octanol–water partition coefficient (Wildman–Crippen LogP) is 1.60. The molecule has 1 aliphatic carbocycles. The van der Waals surface area contributed by atoms with E-state index in [0.717, 1.165) is 24.8 Å². The third kappa shape index (κ3) is 4.15. The third-order valence-electron chi connectivity index (χ3n) is 3.71. The Hall–Kier alpha value is -2.24. The molecule has 124 valence electrons. The SMILES string of the molecule is CC1(C)Cc2cccc(OCC(=O)OCC(=O)NC3CC3)c2O1. The molecule has 3 rings (SSSR count). The fourth-order valence-corrected chi connectivity index (χ4v) is 2.52. The highest BCUT2D eigenvalue weighted by atomic mass is 16.6. The lowest BCUT2D eigenvalue weighted by atomic mass is 10.0. The molecular formula is C17H21NO5. The molecule has 1 amide bonds. The van der Waals surface area contributed by atoms with E-state index in [1.165, 1.54) is 0 Å². The van der Waals surface area contributed by atoms with E-state index in [0.29, 0.717) is 11.5 Å². The first-order valence-electron chi connectivity index (χ1n) is 7.82. The van der Waals surface area contributed by atoms with Crippen molar-refractivity contribution < 1.29 is 23.8 Å². The minimum atomic E-state index is -0.578. The Bertz CT molecular complexity index is 621. The van der Waals surface area contributed by atoms with Crippen molar-refractivity contribution in [2.24, 2.45) is 0 Å². The summed E-state index contributed by atoms with van der Waals surface area (Å²) in [6.45, 7) is 3.49. The minimum absolute atomic E-state index is 0.253. The number of nitrogens with one attached hydrogen (secondary N) is 1. The van der Waals surface area contributed by atoms with Crippen LogP contribution in [0.3, 0.4) is 0 Å². The Morgan fingerprint density at radius 1 is 1.30 bits per heavy atom. The number of rotatable bonds is 6. The van der Waals surface area contributed by atoms with Crippen molar-refractivity contribution in [3.8, 4) is 11.5 Å². The molecule has 6 heteroatoms. The number of hydrogen-bond acceptors (Lipinski definition) is 5. The molecule has 1 aliphatic heterocycles. The molecular weight excluding hydrogens is 298 g/mol. The Morgan fingerprint density at radius 3 is 2.83 bits per heavy atom.